The minimum Gasteiger partial charge on any atom is -0.503 e. The molecule has 3 unspecified atom stereocenters. The van der Waals surface area contributed by atoms with E-state index in [0.29, 0.717) is 19.3 Å². The summed E-state index contributed by atoms with van der Waals surface area (Å²) in [6, 6.07) is 0. The normalized spacial score (nSPS) is 25.6. The monoisotopic (exact) mass is 887 g/mol. The minimum atomic E-state index is -4.17. The number of carbonyl (C=O) groups is 3. The Morgan fingerprint density at radius 3 is 2.00 bits per heavy atom. The highest BCUT2D eigenvalue weighted by Crippen LogP contribution is 2.43. The van der Waals surface area contributed by atoms with Gasteiger partial charge in [-0.2, -0.15) is 0 Å². The summed E-state index contributed by atoms with van der Waals surface area (Å²) in [4.78, 5) is 45.8. The number of rotatable bonds is 25. The summed E-state index contributed by atoms with van der Waals surface area (Å²) in [5.74, 6) is -7.28. The lowest BCUT2D eigenvalue weighted by atomic mass is 9.98. The average Bonchev–Trinajstić information content (AvgIpc) is 3.21. The van der Waals surface area contributed by atoms with Gasteiger partial charge in [-0.05, 0) is 25.7 Å². The van der Waals surface area contributed by atoms with Crippen LogP contribution in [-0.2, 0) is 56.4 Å². The number of nitrogens with one attached hydrogen (secondary N) is 3. The number of hydrogen-bond acceptors (Lipinski definition) is 21. The van der Waals surface area contributed by atoms with E-state index in [4.69, 9.17) is 37.5 Å². The molecule has 0 aromatic heterocycles. The maximum absolute atomic E-state index is 12.3. The van der Waals surface area contributed by atoms with Gasteiger partial charge in [-0.3, -0.25) is 23.4 Å². The van der Waals surface area contributed by atoms with Crippen LogP contribution in [0.4, 0.5) is 0 Å². The highest BCUT2D eigenvalue weighted by molar-refractivity contribution is 7.47. The van der Waals surface area contributed by atoms with Crippen molar-refractivity contribution < 1.29 is 107 Å². The van der Waals surface area contributed by atoms with Gasteiger partial charge >= 0.3 is 7.82 Å². The molecule has 26 heteroatoms. The van der Waals surface area contributed by atoms with Crippen LogP contribution in [0.2, 0.25) is 0 Å². The van der Waals surface area contributed by atoms with Gasteiger partial charge in [-0.1, -0.05) is 6.92 Å². The van der Waals surface area contributed by atoms with Gasteiger partial charge in [-0.25, -0.2) is 4.57 Å². The zero-order chi connectivity index (χ0) is 44.6. The number of ether oxygens (including phenoxy) is 6. The van der Waals surface area contributed by atoms with Crippen LogP contribution in [-0.4, -0.2) is 165 Å². The summed E-state index contributed by atoms with van der Waals surface area (Å²) in [6.07, 6.45) is -11.2. The summed E-state index contributed by atoms with van der Waals surface area (Å²) in [6.45, 7) is -0.139. The van der Waals surface area contributed by atoms with E-state index in [9.17, 15) is 69.8 Å². The third-order valence-electron chi connectivity index (χ3n) is 8.45. The fourth-order valence-electron chi connectivity index (χ4n) is 5.48. The molecule has 25 nitrogen and oxygen atoms in total. The number of hydrogen-bond donors (Lipinski definition) is 13. The molecule has 342 valence electrons. The Labute approximate surface area is 343 Å². The molecule has 1 fully saturated rings. The highest BCUT2D eigenvalue weighted by Gasteiger charge is 2.50. The second-order valence-electron chi connectivity index (χ2n) is 13.1. The third-order valence-corrected chi connectivity index (χ3v) is 9.47. The first-order chi connectivity index (χ1) is 28.5. The molecule has 0 saturated carbocycles. The van der Waals surface area contributed by atoms with Gasteiger partial charge in [0, 0.05) is 32.9 Å². The molecule has 3 amide bonds. The third kappa shape index (κ3) is 14.5. The molecule has 3 aliphatic rings. The fourth-order valence-corrected chi connectivity index (χ4v) is 6.29. The van der Waals surface area contributed by atoms with Crippen molar-refractivity contribution in [1.82, 2.24) is 16.0 Å². The fraction of sp³-hybridized carbons (Fsp3) is 0.676. The van der Waals surface area contributed by atoms with E-state index in [0.717, 1.165) is 6.92 Å². The molecule has 3 rings (SSSR count). The summed E-state index contributed by atoms with van der Waals surface area (Å²) in [7, 11) is -4.17. The predicted molar refractivity (Wildman–Crippen MR) is 197 cm³/mol. The van der Waals surface area contributed by atoms with Crippen LogP contribution in [0.3, 0.4) is 0 Å². The molecular formula is C34H54N3O22P. The van der Waals surface area contributed by atoms with Crippen LogP contribution >= 0.6 is 7.82 Å². The van der Waals surface area contributed by atoms with E-state index >= 15 is 0 Å². The number of carbonyl (C=O) groups excluding carboxylic acids is 3. The molecule has 0 spiro atoms. The zero-order valence-electron chi connectivity index (χ0n) is 32.8. The lowest BCUT2D eigenvalue weighted by Crippen LogP contribution is -2.61. The lowest BCUT2D eigenvalue weighted by molar-refractivity contribution is -0.318. The van der Waals surface area contributed by atoms with Crippen molar-refractivity contribution in [3.05, 3.63) is 46.0 Å². The second kappa shape index (κ2) is 24.3. The Balaban J connectivity index is 1.53. The zero-order valence-corrected chi connectivity index (χ0v) is 33.7. The van der Waals surface area contributed by atoms with Gasteiger partial charge in [0.1, 0.15) is 43.3 Å². The van der Waals surface area contributed by atoms with Crippen LogP contribution < -0.4 is 16.0 Å². The Morgan fingerprint density at radius 2 is 1.40 bits per heavy atom. The van der Waals surface area contributed by atoms with Gasteiger partial charge in [0.05, 0.1) is 26.4 Å². The van der Waals surface area contributed by atoms with Crippen molar-refractivity contribution >= 4 is 25.5 Å². The van der Waals surface area contributed by atoms with E-state index in [-0.39, 0.29) is 64.0 Å². The van der Waals surface area contributed by atoms with Crippen LogP contribution in [0.25, 0.3) is 0 Å². The smallest absolute Gasteiger partial charge is 0.472 e. The molecule has 13 N–H and O–H groups in total. The van der Waals surface area contributed by atoms with E-state index in [1.807, 2.05) is 0 Å². The topological polar surface area (TPSA) is 381 Å². The van der Waals surface area contributed by atoms with Gasteiger partial charge in [0.2, 0.25) is 53.3 Å². The molecule has 8 atom stereocenters. The molecule has 60 heavy (non-hydrogen) atoms. The molecule has 0 bridgehead atoms. The van der Waals surface area contributed by atoms with Crippen LogP contribution in [0.1, 0.15) is 52.4 Å². The van der Waals surface area contributed by atoms with Crippen molar-refractivity contribution in [2.24, 2.45) is 0 Å². The lowest BCUT2D eigenvalue weighted by Gasteiger charge is -2.43. The highest BCUT2D eigenvalue weighted by atomic mass is 31.2. The summed E-state index contributed by atoms with van der Waals surface area (Å²) < 4.78 is 54.0. The van der Waals surface area contributed by atoms with Gasteiger partial charge in [-0.15, -0.1) is 0 Å². The van der Waals surface area contributed by atoms with Crippen molar-refractivity contribution in [3.63, 3.8) is 0 Å². The number of amides is 3. The first-order valence-electron chi connectivity index (χ1n) is 18.7. The summed E-state index contributed by atoms with van der Waals surface area (Å²) in [5.41, 5.74) is -0.411. The molecule has 1 saturated heterocycles. The number of phosphoric acid groups is 1. The molecule has 0 radical (unpaired) electrons. The van der Waals surface area contributed by atoms with Crippen LogP contribution in [0.15, 0.2) is 46.0 Å². The quantitative estimate of drug-likeness (QED) is 0.0366. The summed E-state index contributed by atoms with van der Waals surface area (Å²) in [5, 5.41) is 100. The van der Waals surface area contributed by atoms with Gasteiger partial charge in [0.15, 0.2) is 17.3 Å². The first-order valence-corrected chi connectivity index (χ1v) is 20.2. The van der Waals surface area contributed by atoms with Crippen molar-refractivity contribution in [3.8, 4) is 0 Å². The molecule has 3 aliphatic heterocycles. The van der Waals surface area contributed by atoms with E-state index in [1.165, 1.54) is 0 Å². The number of aliphatic hydroxyl groups is 9. The Bertz CT molecular complexity index is 1650. The van der Waals surface area contributed by atoms with E-state index in [1.54, 1.807) is 6.92 Å². The first kappa shape index (κ1) is 50.1. The molecule has 0 aromatic carbocycles. The van der Waals surface area contributed by atoms with Crippen molar-refractivity contribution in [2.45, 2.75) is 95.7 Å². The number of phosphoric ester groups is 1. The Hall–Kier alpha value is -4.24. The standard InChI is InChI=1S/C34H54N3O22P/c1-3-11-53-60(50,51)54-13-10-36-22(43)8-5-4-7-21(42)35-9-6-12-52-32-23(37-17(2)41)26(46)30(20(16-40)57-32)58-34-29(49)31(25(45)19(15-39)56-34)59-33-28(48)27(47)24(44)18(14-38)55-33/h19,25,29,31-34,38-40,44-49H,3-16H2,1-2H3,(H,35,42)(H,36,43)(H,37,41)(H,50,51)/t19-,25+,29-,31-,32+,33?,34?/m1/s1. The molecule has 3 heterocycles. The molecule has 0 aliphatic carbocycles. The maximum Gasteiger partial charge on any atom is 0.472 e. The maximum atomic E-state index is 12.3. The van der Waals surface area contributed by atoms with Crippen molar-refractivity contribution in [2.75, 3.05) is 52.7 Å². The largest absolute Gasteiger partial charge is 0.503 e. The predicted octanol–water partition coefficient (Wildman–Crippen LogP) is -1.52. The minimum absolute atomic E-state index is 0.00768. The molecular weight excluding hydrogens is 833 g/mol. The van der Waals surface area contributed by atoms with Crippen molar-refractivity contribution in [1.29, 1.82) is 0 Å². The van der Waals surface area contributed by atoms with Gasteiger partial charge in [0.25, 0.3) is 6.29 Å². The Kier molecular flexibility index (Phi) is 20.3. The summed E-state index contributed by atoms with van der Waals surface area (Å²) >= 11 is 0. The Morgan fingerprint density at radius 1 is 0.783 bits per heavy atom. The van der Waals surface area contributed by atoms with E-state index < -0.39 is 123 Å². The van der Waals surface area contributed by atoms with Crippen LogP contribution in [0, 0.1) is 0 Å². The molecule has 0 aromatic rings. The number of aliphatic hydroxyl groups excluding tert-OH is 9. The van der Waals surface area contributed by atoms with E-state index in [2.05, 4.69) is 16.0 Å². The number of unbranched alkanes of at least 4 members (excludes halogenated alkanes) is 1. The van der Waals surface area contributed by atoms with Gasteiger partial charge < -0.3 is 95.2 Å². The van der Waals surface area contributed by atoms with Crippen LogP contribution in [0.5, 0.6) is 0 Å². The SMILES string of the molecule is CCCOP(=O)(O)OCCNC(=O)CCCCC(=O)NCCCO[C@H]1OC(CO)=C(OC2O[C@H](CO)[C@H](O)[C@@H](OC3OC(CO)=C(O)C(O)=C3O)[C@H]2O)C(O)=C1NC(C)=O. The second-order valence-corrected chi connectivity index (χ2v) is 14.6. The average molecular weight is 888 g/mol.